The maximum atomic E-state index is 12.6. The zero-order chi connectivity index (χ0) is 16.0. The molecule has 1 aliphatic carbocycles. The van der Waals surface area contributed by atoms with Gasteiger partial charge >= 0.3 is 0 Å². The number of amides is 1. The number of carbonyl (C=O) groups excluding carboxylic acids is 1. The van der Waals surface area contributed by atoms with Crippen LogP contribution in [0, 0.1) is 0 Å². The van der Waals surface area contributed by atoms with Crippen LogP contribution in [-0.4, -0.2) is 10.9 Å². The smallest absolute Gasteiger partial charge is 0.269 e. The van der Waals surface area contributed by atoms with Gasteiger partial charge in [-0.15, -0.1) is 0 Å². The van der Waals surface area contributed by atoms with E-state index in [1.165, 1.54) is 11.1 Å². The topological polar surface area (TPSA) is 41.1 Å². The molecule has 1 heterocycles. The number of hydrogen-bond acceptors (Lipinski definition) is 2. The van der Waals surface area contributed by atoms with Gasteiger partial charge in [0.15, 0.2) is 0 Å². The molecule has 0 fully saturated rings. The van der Waals surface area contributed by atoms with Crippen molar-refractivity contribution < 1.29 is 4.79 Å². The van der Waals surface area contributed by atoms with Crippen LogP contribution in [-0.2, 0) is 10.2 Å². The summed E-state index contributed by atoms with van der Waals surface area (Å²) >= 11 is 6.36. The lowest BCUT2D eigenvalue weighted by molar-refractivity contribution is -0.118. The second kappa shape index (κ2) is 5.17. The van der Waals surface area contributed by atoms with Crippen molar-refractivity contribution in [1.29, 1.82) is 0 Å². The van der Waals surface area contributed by atoms with Crippen LogP contribution in [0.2, 0.25) is 0 Å². The number of dihydropyridines is 1. The fourth-order valence-corrected chi connectivity index (χ4v) is 3.77. The maximum absolute atomic E-state index is 12.6. The number of fused-ring (bicyclic) bond motifs is 1. The maximum Gasteiger partial charge on any atom is 0.269 e. The first-order valence-electron chi connectivity index (χ1n) is 7.59. The molecule has 3 rings (SSSR count). The number of hydrogen-bond donors (Lipinski definition) is 2. The Morgan fingerprint density at radius 3 is 2.82 bits per heavy atom. The van der Waals surface area contributed by atoms with E-state index in [2.05, 4.69) is 37.5 Å². The van der Waals surface area contributed by atoms with Crippen LogP contribution in [0.25, 0.3) is 0 Å². The lowest BCUT2D eigenvalue weighted by Crippen LogP contribution is -2.47. The Morgan fingerprint density at radius 1 is 1.36 bits per heavy atom. The predicted octanol–water partition coefficient (Wildman–Crippen LogP) is 4.02. The Balaban J connectivity index is 1.92. The van der Waals surface area contributed by atoms with Gasteiger partial charge < -0.3 is 10.6 Å². The van der Waals surface area contributed by atoms with E-state index < -0.39 is 5.00 Å². The van der Waals surface area contributed by atoms with Gasteiger partial charge in [0.25, 0.3) is 5.91 Å². The third kappa shape index (κ3) is 2.44. The monoisotopic (exact) mass is 316 g/mol. The average Bonchev–Trinajstić information content (AvgIpc) is 2.70. The minimum Gasteiger partial charge on any atom is -0.362 e. The highest BCUT2D eigenvalue weighted by Gasteiger charge is 2.38. The molecule has 22 heavy (non-hydrogen) atoms. The van der Waals surface area contributed by atoms with Crippen LogP contribution in [0.3, 0.4) is 0 Å². The standard InChI is InChI=1S/C18H21ClN2O/c1-12-11-17(2,3)13-7-6-8-14(15(12)13)21-16(22)18(19)9-4-5-10-20-18/h4-10,12,20H,11H2,1-3H3,(H,21,22). The zero-order valence-electron chi connectivity index (χ0n) is 13.1. The quantitative estimate of drug-likeness (QED) is 0.639. The molecule has 1 amide bonds. The predicted molar refractivity (Wildman–Crippen MR) is 91.1 cm³/mol. The molecule has 0 bridgehead atoms. The van der Waals surface area contributed by atoms with Gasteiger partial charge in [-0.25, -0.2) is 0 Å². The van der Waals surface area contributed by atoms with Gasteiger partial charge in [0.05, 0.1) is 0 Å². The average molecular weight is 317 g/mol. The van der Waals surface area contributed by atoms with Crippen LogP contribution in [0.1, 0.15) is 44.2 Å². The van der Waals surface area contributed by atoms with Crippen LogP contribution < -0.4 is 10.6 Å². The summed E-state index contributed by atoms with van der Waals surface area (Å²) in [5.74, 6) is 0.155. The molecule has 4 heteroatoms. The van der Waals surface area contributed by atoms with Gasteiger partial charge in [0.1, 0.15) is 0 Å². The Kier molecular flexibility index (Phi) is 3.56. The lowest BCUT2D eigenvalue weighted by Gasteiger charge is -2.26. The van der Waals surface area contributed by atoms with E-state index in [0.717, 1.165) is 12.1 Å². The molecule has 1 aromatic rings. The summed E-state index contributed by atoms with van der Waals surface area (Å²) in [5.41, 5.74) is 3.55. The van der Waals surface area contributed by atoms with E-state index in [4.69, 9.17) is 11.6 Å². The summed E-state index contributed by atoms with van der Waals surface area (Å²) < 4.78 is 0. The number of anilines is 1. The van der Waals surface area contributed by atoms with Crippen molar-refractivity contribution >= 4 is 23.2 Å². The first-order chi connectivity index (χ1) is 10.3. The lowest BCUT2D eigenvalue weighted by atomic mass is 9.86. The van der Waals surface area contributed by atoms with Crippen molar-refractivity contribution in [3.05, 3.63) is 53.8 Å². The number of alkyl halides is 1. The van der Waals surface area contributed by atoms with Gasteiger partial charge in [-0.2, -0.15) is 0 Å². The van der Waals surface area contributed by atoms with E-state index in [1.807, 2.05) is 12.1 Å². The third-order valence-corrected chi connectivity index (χ3v) is 4.96. The Hall–Kier alpha value is -1.74. The van der Waals surface area contributed by atoms with Crippen molar-refractivity contribution in [3.8, 4) is 0 Å². The van der Waals surface area contributed by atoms with Crippen molar-refractivity contribution in [2.45, 2.75) is 43.5 Å². The first-order valence-corrected chi connectivity index (χ1v) is 7.97. The van der Waals surface area contributed by atoms with Gasteiger partial charge in [0, 0.05) is 5.69 Å². The molecule has 0 spiro atoms. The summed E-state index contributed by atoms with van der Waals surface area (Å²) in [6.07, 6.45) is 7.99. The summed E-state index contributed by atoms with van der Waals surface area (Å²) in [6.45, 7) is 6.71. The number of nitrogens with one attached hydrogen (secondary N) is 2. The zero-order valence-corrected chi connectivity index (χ0v) is 13.9. The molecular formula is C18H21ClN2O. The fraction of sp³-hybridized carbons (Fsp3) is 0.389. The molecule has 1 aliphatic heterocycles. The number of rotatable bonds is 2. The Labute approximate surface area is 136 Å². The molecule has 0 saturated carbocycles. The summed E-state index contributed by atoms with van der Waals surface area (Å²) in [4.78, 5) is 11.3. The second-order valence-corrected chi connectivity index (χ2v) is 7.38. The Morgan fingerprint density at radius 2 is 2.14 bits per heavy atom. The van der Waals surface area contributed by atoms with Gasteiger partial charge in [0.2, 0.25) is 5.00 Å². The van der Waals surface area contributed by atoms with E-state index in [9.17, 15) is 4.79 Å². The second-order valence-electron chi connectivity index (χ2n) is 6.78. The van der Waals surface area contributed by atoms with E-state index in [-0.39, 0.29) is 11.3 Å². The highest BCUT2D eigenvalue weighted by Crippen LogP contribution is 2.48. The van der Waals surface area contributed by atoms with E-state index in [0.29, 0.717) is 5.92 Å². The molecule has 1 aromatic carbocycles. The molecule has 2 N–H and O–H groups in total. The normalized spacial score (nSPS) is 28.1. The van der Waals surface area contributed by atoms with Crippen LogP contribution >= 0.6 is 11.6 Å². The molecule has 3 nitrogen and oxygen atoms in total. The number of carbonyl (C=O) groups is 1. The SMILES string of the molecule is CC1CC(C)(C)c2cccc(NC(=O)C3(Cl)C=CC=CN3)c21. The first kappa shape index (κ1) is 15.2. The van der Waals surface area contributed by atoms with Crippen molar-refractivity contribution in [2.75, 3.05) is 5.32 Å². The molecule has 0 saturated heterocycles. The van der Waals surface area contributed by atoms with Crippen molar-refractivity contribution in [2.24, 2.45) is 0 Å². The highest BCUT2D eigenvalue weighted by molar-refractivity contribution is 6.38. The fourth-order valence-electron chi connectivity index (χ4n) is 3.59. The minimum atomic E-state index is -1.23. The van der Waals surface area contributed by atoms with Crippen LogP contribution in [0.15, 0.2) is 42.6 Å². The molecular weight excluding hydrogens is 296 g/mol. The number of halogens is 1. The molecule has 2 atom stereocenters. The number of allylic oxidation sites excluding steroid dienone is 2. The Bertz CT molecular complexity index is 678. The highest BCUT2D eigenvalue weighted by atomic mass is 35.5. The molecule has 116 valence electrons. The minimum absolute atomic E-state index is 0.139. The molecule has 2 aliphatic rings. The van der Waals surface area contributed by atoms with Crippen molar-refractivity contribution in [1.82, 2.24) is 5.32 Å². The van der Waals surface area contributed by atoms with Crippen LogP contribution in [0.4, 0.5) is 5.69 Å². The van der Waals surface area contributed by atoms with Crippen molar-refractivity contribution in [3.63, 3.8) is 0 Å². The largest absolute Gasteiger partial charge is 0.362 e. The molecule has 2 unspecified atom stereocenters. The van der Waals surface area contributed by atoms with Gasteiger partial charge in [-0.1, -0.05) is 50.6 Å². The molecule has 0 radical (unpaired) electrons. The third-order valence-electron chi connectivity index (χ3n) is 4.55. The van der Waals surface area contributed by atoms with Crippen LogP contribution in [0.5, 0.6) is 0 Å². The van der Waals surface area contributed by atoms with E-state index in [1.54, 1.807) is 24.4 Å². The summed E-state index contributed by atoms with van der Waals surface area (Å²) in [6, 6.07) is 6.11. The summed E-state index contributed by atoms with van der Waals surface area (Å²) in [5, 5.41) is 5.90. The van der Waals surface area contributed by atoms with Gasteiger partial charge in [-0.05, 0) is 53.3 Å². The number of benzene rings is 1. The van der Waals surface area contributed by atoms with Gasteiger partial charge in [-0.3, -0.25) is 4.79 Å². The summed E-state index contributed by atoms with van der Waals surface area (Å²) in [7, 11) is 0. The van der Waals surface area contributed by atoms with E-state index >= 15 is 0 Å². The molecule has 0 aromatic heterocycles.